The second kappa shape index (κ2) is 5.18. The van der Waals surface area contributed by atoms with Gasteiger partial charge in [0.1, 0.15) is 0 Å². The zero-order valence-corrected chi connectivity index (χ0v) is 10.6. The van der Waals surface area contributed by atoms with E-state index in [1.54, 1.807) is 6.21 Å². The molecule has 1 fully saturated rings. The van der Waals surface area contributed by atoms with Crippen molar-refractivity contribution in [2.45, 2.75) is 6.92 Å². The van der Waals surface area contributed by atoms with E-state index < -0.39 is 11.4 Å². The third-order valence-corrected chi connectivity index (χ3v) is 2.79. The highest BCUT2D eigenvalue weighted by atomic mass is 35.5. The number of urea groups is 1. The third-order valence-electron chi connectivity index (χ3n) is 2.59. The molecule has 0 bridgehead atoms. The van der Waals surface area contributed by atoms with Crippen molar-refractivity contribution < 1.29 is 9.59 Å². The summed E-state index contributed by atoms with van der Waals surface area (Å²) in [4.78, 5) is 23.5. The zero-order valence-electron chi connectivity index (χ0n) is 9.84. The number of halogens is 1. The molecule has 1 aromatic carbocycles. The van der Waals surface area contributed by atoms with Crippen LogP contribution in [0.25, 0.3) is 0 Å². The normalized spacial score (nSPS) is 15.8. The summed E-state index contributed by atoms with van der Waals surface area (Å²) in [5, 5.41) is 4.51. The second-order valence-electron chi connectivity index (χ2n) is 3.97. The Kier molecular flexibility index (Phi) is 3.62. The predicted octanol–water partition coefficient (Wildman–Crippen LogP) is 2.43. The Bertz CT molecular complexity index is 516. The lowest BCUT2D eigenvalue weighted by molar-refractivity contribution is 0.195. The van der Waals surface area contributed by atoms with E-state index in [-0.39, 0.29) is 6.54 Å². The summed E-state index contributed by atoms with van der Waals surface area (Å²) < 4.78 is 0. The van der Waals surface area contributed by atoms with Gasteiger partial charge in [0.25, 0.3) is 0 Å². The van der Waals surface area contributed by atoms with Crippen LogP contribution in [0.15, 0.2) is 29.4 Å². The van der Waals surface area contributed by atoms with Crippen LogP contribution >= 0.6 is 11.6 Å². The molecule has 3 amide bonds. The maximum absolute atomic E-state index is 11.7. The first-order valence-corrected chi connectivity index (χ1v) is 5.85. The number of carbonyl (C=O) groups is 2. The number of amides is 3. The van der Waals surface area contributed by atoms with Crippen LogP contribution in [0.1, 0.15) is 11.1 Å². The first-order valence-electron chi connectivity index (χ1n) is 5.47. The molecule has 0 spiro atoms. The molecule has 0 saturated carbocycles. The first-order chi connectivity index (χ1) is 8.58. The minimum atomic E-state index is -0.770. The van der Waals surface area contributed by atoms with Gasteiger partial charge in [0, 0.05) is 0 Å². The van der Waals surface area contributed by atoms with Gasteiger partial charge in [0.05, 0.1) is 19.3 Å². The molecule has 1 aromatic rings. The maximum atomic E-state index is 11.7. The van der Waals surface area contributed by atoms with Gasteiger partial charge in [0.15, 0.2) is 0 Å². The van der Waals surface area contributed by atoms with Gasteiger partial charge in [-0.25, -0.2) is 14.7 Å². The topological polar surface area (TPSA) is 53.0 Å². The van der Waals surface area contributed by atoms with E-state index in [4.69, 9.17) is 11.6 Å². The molecule has 1 aliphatic rings. The van der Waals surface area contributed by atoms with Crippen LogP contribution in [-0.2, 0) is 0 Å². The van der Waals surface area contributed by atoms with Crippen molar-refractivity contribution in [3.8, 4) is 0 Å². The number of hydrazone groups is 1. The minimum Gasteiger partial charge on any atom is -0.255 e. The van der Waals surface area contributed by atoms with Crippen LogP contribution in [0.3, 0.4) is 0 Å². The van der Waals surface area contributed by atoms with E-state index >= 15 is 0 Å². The molecule has 0 atom stereocenters. The van der Waals surface area contributed by atoms with Gasteiger partial charge >= 0.3 is 11.4 Å². The van der Waals surface area contributed by atoms with Crippen LogP contribution in [0.2, 0.25) is 0 Å². The molecule has 2 rings (SSSR count). The zero-order chi connectivity index (χ0) is 13.1. The fourth-order valence-corrected chi connectivity index (χ4v) is 1.84. The van der Waals surface area contributed by atoms with Gasteiger partial charge in [-0.15, -0.1) is 0 Å². The van der Waals surface area contributed by atoms with E-state index in [9.17, 15) is 9.59 Å². The quantitative estimate of drug-likeness (QED) is 0.468. The lowest BCUT2D eigenvalue weighted by atomic mass is 10.2. The van der Waals surface area contributed by atoms with Crippen LogP contribution in [0.4, 0.5) is 9.59 Å². The van der Waals surface area contributed by atoms with Crippen molar-refractivity contribution in [1.29, 1.82) is 0 Å². The van der Waals surface area contributed by atoms with Crippen LogP contribution in [0.5, 0.6) is 0 Å². The Morgan fingerprint density at radius 1 is 1.44 bits per heavy atom. The first kappa shape index (κ1) is 12.6. The van der Waals surface area contributed by atoms with E-state index in [0.717, 1.165) is 16.0 Å². The number of imide groups is 1. The Labute approximate surface area is 110 Å². The molecule has 0 radical (unpaired) electrons. The van der Waals surface area contributed by atoms with Crippen molar-refractivity contribution in [2.24, 2.45) is 5.10 Å². The Balaban J connectivity index is 2.07. The van der Waals surface area contributed by atoms with Crippen molar-refractivity contribution >= 4 is 29.2 Å². The molecule has 18 heavy (non-hydrogen) atoms. The minimum absolute atomic E-state index is 0.270. The monoisotopic (exact) mass is 265 g/mol. The van der Waals surface area contributed by atoms with Crippen molar-refractivity contribution in [3.63, 3.8) is 0 Å². The summed E-state index contributed by atoms with van der Waals surface area (Å²) in [6.07, 6.45) is 1.59. The molecule has 1 saturated heterocycles. The number of benzene rings is 1. The molecule has 0 N–H and O–H groups in total. The lowest BCUT2D eigenvalue weighted by Gasteiger charge is -2.09. The molecule has 94 valence electrons. The number of carbonyl (C=O) groups excluding carboxylic acids is 2. The van der Waals surface area contributed by atoms with Gasteiger partial charge < -0.3 is 0 Å². The standard InChI is InChI=1S/C12H12ClN3O2/c1-9-3-2-4-10(7-9)8-14-16-6-5-15(11(13)17)12(16)18/h2-4,7-8H,5-6H2,1H3/b14-8+. The smallest absolute Gasteiger partial charge is 0.255 e. The molecule has 0 unspecified atom stereocenters. The molecule has 0 aliphatic carbocycles. The van der Waals surface area contributed by atoms with Crippen LogP contribution < -0.4 is 0 Å². The highest BCUT2D eigenvalue weighted by Crippen LogP contribution is 2.11. The number of nitrogens with zero attached hydrogens (tertiary/aromatic N) is 3. The summed E-state index contributed by atoms with van der Waals surface area (Å²) in [7, 11) is 0. The SMILES string of the molecule is Cc1cccc(/C=N/N2CCN(C(=O)Cl)C2=O)c1. The molecule has 6 heteroatoms. The maximum Gasteiger partial charge on any atom is 0.348 e. The third kappa shape index (κ3) is 2.68. The fraction of sp³-hybridized carbons (Fsp3) is 0.250. The van der Waals surface area contributed by atoms with Gasteiger partial charge in [-0.1, -0.05) is 29.8 Å². The number of rotatable bonds is 2. The fourth-order valence-electron chi connectivity index (χ4n) is 1.68. The molecule has 1 aliphatic heterocycles. The van der Waals surface area contributed by atoms with Crippen molar-refractivity contribution in [3.05, 3.63) is 35.4 Å². The molecular weight excluding hydrogens is 254 g/mol. The number of aryl methyl sites for hydroxylation is 1. The summed E-state index contributed by atoms with van der Waals surface area (Å²) in [6, 6.07) is 7.25. The van der Waals surface area contributed by atoms with Gasteiger partial charge in [-0.3, -0.25) is 4.79 Å². The number of hydrogen-bond donors (Lipinski definition) is 0. The summed E-state index contributed by atoms with van der Waals surface area (Å²) in [6.45, 7) is 2.61. The Morgan fingerprint density at radius 3 is 2.83 bits per heavy atom. The van der Waals surface area contributed by atoms with E-state index in [0.29, 0.717) is 6.54 Å². The van der Waals surface area contributed by atoms with Gasteiger partial charge in [0.2, 0.25) is 0 Å². The summed E-state index contributed by atoms with van der Waals surface area (Å²) in [5.41, 5.74) is 2.02. The van der Waals surface area contributed by atoms with Gasteiger partial charge in [-0.05, 0) is 24.1 Å². The van der Waals surface area contributed by atoms with Gasteiger partial charge in [-0.2, -0.15) is 5.10 Å². The predicted molar refractivity (Wildman–Crippen MR) is 68.8 cm³/mol. The summed E-state index contributed by atoms with van der Waals surface area (Å²) in [5.74, 6) is 0. The van der Waals surface area contributed by atoms with Crippen molar-refractivity contribution in [1.82, 2.24) is 9.91 Å². The molecule has 5 nitrogen and oxygen atoms in total. The average molecular weight is 266 g/mol. The van der Waals surface area contributed by atoms with Crippen molar-refractivity contribution in [2.75, 3.05) is 13.1 Å². The largest absolute Gasteiger partial charge is 0.348 e. The van der Waals surface area contributed by atoms with E-state index in [1.807, 2.05) is 31.2 Å². The molecule has 0 aromatic heterocycles. The Hall–Kier alpha value is -1.88. The highest BCUT2D eigenvalue weighted by Gasteiger charge is 2.31. The summed E-state index contributed by atoms with van der Waals surface area (Å²) >= 11 is 5.27. The lowest BCUT2D eigenvalue weighted by Crippen LogP contribution is -2.30. The Morgan fingerprint density at radius 2 is 2.22 bits per heavy atom. The average Bonchev–Trinajstić information content (AvgIpc) is 2.68. The second-order valence-corrected chi connectivity index (χ2v) is 4.29. The molecular formula is C12H12ClN3O2. The van der Waals surface area contributed by atoms with Crippen LogP contribution in [0, 0.1) is 6.92 Å². The van der Waals surface area contributed by atoms with E-state index in [2.05, 4.69) is 5.10 Å². The molecule has 1 heterocycles. The number of hydrogen-bond acceptors (Lipinski definition) is 3. The highest BCUT2D eigenvalue weighted by molar-refractivity contribution is 6.64. The van der Waals surface area contributed by atoms with E-state index in [1.165, 1.54) is 5.01 Å². The van der Waals surface area contributed by atoms with Crippen LogP contribution in [-0.4, -0.2) is 40.6 Å².